The highest BCUT2D eigenvalue weighted by atomic mass is 35.5. The van der Waals surface area contributed by atoms with Gasteiger partial charge in [0, 0.05) is 34.7 Å². The summed E-state index contributed by atoms with van der Waals surface area (Å²) in [5.41, 5.74) is 1.47. The molecule has 0 aliphatic rings. The number of aromatic nitrogens is 5. The molecule has 26 heavy (non-hydrogen) atoms. The summed E-state index contributed by atoms with van der Waals surface area (Å²) in [5.74, 6) is 0.101. The molecule has 10 heteroatoms. The van der Waals surface area contributed by atoms with Crippen molar-refractivity contribution in [1.29, 1.82) is 0 Å². The molecule has 1 aromatic carbocycles. The van der Waals surface area contributed by atoms with E-state index in [-0.39, 0.29) is 11.6 Å². The Morgan fingerprint density at radius 3 is 2.54 bits per heavy atom. The molecule has 7 nitrogen and oxygen atoms in total. The number of rotatable bonds is 6. The molecule has 2 heterocycles. The van der Waals surface area contributed by atoms with Gasteiger partial charge in [0.15, 0.2) is 10.9 Å². The first kappa shape index (κ1) is 18.6. The van der Waals surface area contributed by atoms with Crippen LogP contribution < -0.4 is 5.32 Å². The number of thioether (sulfide) groups is 1. The van der Waals surface area contributed by atoms with E-state index in [4.69, 9.17) is 23.2 Å². The normalized spacial score (nSPS) is 10.7. The summed E-state index contributed by atoms with van der Waals surface area (Å²) in [6.45, 7) is 2.33. The average molecular weight is 409 g/mol. The zero-order valence-electron chi connectivity index (χ0n) is 13.7. The summed E-state index contributed by atoms with van der Waals surface area (Å²) in [7, 11) is 0. The van der Waals surface area contributed by atoms with Crippen molar-refractivity contribution in [3.05, 3.63) is 58.1 Å². The number of carbonyl (C=O) groups excluding carboxylic acids is 1. The van der Waals surface area contributed by atoms with Crippen LogP contribution in [0.2, 0.25) is 10.0 Å². The molecular weight excluding hydrogens is 395 g/mol. The molecule has 0 saturated carbocycles. The molecule has 1 N–H and O–H groups in total. The molecule has 134 valence electrons. The fourth-order valence-corrected chi connectivity index (χ4v) is 3.52. The largest absolute Gasteiger partial charge is 0.351 e. The maximum atomic E-state index is 12.3. The van der Waals surface area contributed by atoms with Gasteiger partial charge in [0.25, 0.3) is 5.91 Å². The van der Waals surface area contributed by atoms with Crippen LogP contribution in [0.15, 0.2) is 41.8 Å². The Balaban J connectivity index is 1.99. The van der Waals surface area contributed by atoms with Crippen molar-refractivity contribution in [1.82, 2.24) is 30.3 Å². The fraction of sp³-hybridized carbons (Fsp3) is 0.188. The van der Waals surface area contributed by atoms with Gasteiger partial charge < -0.3 is 5.32 Å². The highest BCUT2D eigenvalue weighted by molar-refractivity contribution is 7.98. The molecule has 3 rings (SSSR count). The van der Waals surface area contributed by atoms with Crippen LogP contribution >= 0.6 is 35.0 Å². The summed E-state index contributed by atoms with van der Waals surface area (Å²) < 4.78 is 1.55. The van der Waals surface area contributed by atoms with Crippen LogP contribution in [0.25, 0.3) is 5.69 Å². The molecule has 0 aliphatic heterocycles. The predicted octanol–water partition coefficient (Wildman–Crippen LogP) is 3.41. The van der Waals surface area contributed by atoms with Crippen LogP contribution in [0.4, 0.5) is 0 Å². The molecule has 0 unspecified atom stereocenters. The minimum atomic E-state index is -0.295. The van der Waals surface area contributed by atoms with Crippen LogP contribution in [-0.2, 0) is 5.75 Å². The van der Waals surface area contributed by atoms with Gasteiger partial charge in [-0.15, -0.1) is 5.10 Å². The molecule has 0 bridgehead atoms. The van der Waals surface area contributed by atoms with Crippen LogP contribution in [0.5, 0.6) is 0 Å². The van der Waals surface area contributed by atoms with E-state index in [1.54, 1.807) is 41.3 Å². The van der Waals surface area contributed by atoms with Gasteiger partial charge in [-0.2, -0.15) is 0 Å². The Hall–Kier alpha value is -2.16. The minimum Gasteiger partial charge on any atom is -0.351 e. The highest BCUT2D eigenvalue weighted by Gasteiger charge is 2.21. The lowest BCUT2D eigenvalue weighted by molar-refractivity contribution is 0.0950. The Morgan fingerprint density at radius 1 is 1.19 bits per heavy atom. The standard InChI is InChI=1S/C16H14Cl2N6OS/c1-2-19-15(25)14-13(9-26-16-20-4-3-5-21-16)24(23-22-14)12-7-10(17)6-11(18)8-12/h3-8H,2,9H2,1H3,(H,19,25). The van der Waals surface area contributed by atoms with Gasteiger partial charge in [-0.3, -0.25) is 4.79 Å². The molecule has 3 aromatic rings. The van der Waals surface area contributed by atoms with E-state index in [0.29, 0.717) is 38.9 Å². The third kappa shape index (κ3) is 4.32. The second-order valence-electron chi connectivity index (χ2n) is 5.10. The monoisotopic (exact) mass is 408 g/mol. The highest BCUT2D eigenvalue weighted by Crippen LogP contribution is 2.26. The zero-order valence-corrected chi connectivity index (χ0v) is 16.0. The summed E-state index contributed by atoms with van der Waals surface area (Å²) in [6.07, 6.45) is 3.32. The van der Waals surface area contributed by atoms with Crippen LogP contribution in [0, 0.1) is 0 Å². The first-order valence-corrected chi connectivity index (χ1v) is 9.41. The lowest BCUT2D eigenvalue weighted by Crippen LogP contribution is -2.24. The predicted molar refractivity (Wildman–Crippen MR) is 101 cm³/mol. The van der Waals surface area contributed by atoms with Crippen LogP contribution in [0.1, 0.15) is 23.1 Å². The second kappa shape index (κ2) is 8.48. The van der Waals surface area contributed by atoms with Crippen molar-refractivity contribution in [2.24, 2.45) is 0 Å². The minimum absolute atomic E-state index is 0.242. The quantitative estimate of drug-likeness (QED) is 0.496. The molecule has 0 spiro atoms. The average Bonchev–Trinajstić information content (AvgIpc) is 3.04. The maximum Gasteiger partial charge on any atom is 0.273 e. The molecule has 0 radical (unpaired) electrons. The van der Waals surface area contributed by atoms with Gasteiger partial charge in [0.05, 0.1) is 11.4 Å². The summed E-state index contributed by atoms with van der Waals surface area (Å²) >= 11 is 13.6. The van der Waals surface area contributed by atoms with Crippen molar-refractivity contribution in [2.75, 3.05) is 6.54 Å². The number of amides is 1. The van der Waals surface area contributed by atoms with Crippen molar-refractivity contribution in [3.8, 4) is 5.69 Å². The second-order valence-corrected chi connectivity index (χ2v) is 6.92. The van der Waals surface area contributed by atoms with E-state index in [1.807, 2.05) is 6.92 Å². The molecular formula is C16H14Cl2N6OS. The number of halogens is 2. The third-order valence-electron chi connectivity index (χ3n) is 3.29. The Labute approximate surface area is 164 Å². The maximum absolute atomic E-state index is 12.3. The van der Waals surface area contributed by atoms with E-state index >= 15 is 0 Å². The molecule has 0 saturated heterocycles. The number of nitrogens with one attached hydrogen (secondary N) is 1. The van der Waals surface area contributed by atoms with Crippen molar-refractivity contribution < 1.29 is 4.79 Å². The van der Waals surface area contributed by atoms with Gasteiger partial charge in [-0.05, 0) is 31.2 Å². The van der Waals surface area contributed by atoms with E-state index in [2.05, 4.69) is 25.6 Å². The number of hydrogen-bond acceptors (Lipinski definition) is 6. The third-order valence-corrected chi connectivity index (χ3v) is 4.61. The molecule has 2 aromatic heterocycles. The lowest BCUT2D eigenvalue weighted by atomic mass is 10.3. The van der Waals surface area contributed by atoms with Crippen molar-refractivity contribution in [2.45, 2.75) is 17.8 Å². The summed E-state index contributed by atoms with van der Waals surface area (Å²) in [5, 5.41) is 12.4. The SMILES string of the molecule is CCNC(=O)c1nnn(-c2cc(Cl)cc(Cl)c2)c1CSc1ncccn1. The van der Waals surface area contributed by atoms with E-state index in [0.717, 1.165) is 0 Å². The van der Waals surface area contributed by atoms with Crippen LogP contribution in [0.3, 0.4) is 0 Å². The number of carbonyl (C=O) groups is 1. The Bertz CT molecular complexity index is 898. The Kier molecular flexibility index (Phi) is 6.08. The Morgan fingerprint density at radius 2 is 1.88 bits per heavy atom. The molecule has 0 aliphatic carbocycles. The molecule has 0 fully saturated rings. The smallest absolute Gasteiger partial charge is 0.273 e. The van der Waals surface area contributed by atoms with Crippen LogP contribution in [-0.4, -0.2) is 37.4 Å². The van der Waals surface area contributed by atoms with Gasteiger partial charge >= 0.3 is 0 Å². The van der Waals surface area contributed by atoms with Gasteiger partial charge in [0.2, 0.25) is 0 Å². The van der Waals surface area contributed by atoms with Gasteiger partial charge in [-0.1, -0.05) is 40.2 Å². The zero-order chi connectivity index (χ0) is 18.5. The van der Waals surface area contributed by atoms with Gasteiger partial charge in [0.1, 0.15) is 0 Å². The topological polar surface area (TPSA) is 85.6 Å². The lowest BCUT2D eigenvalue weighted by Gasteiger charge is -2.08. The number of benzene rings is 1. The number of nitrogens with zero attached hydrogens (tertiary/aromatic N) is 5. The summed E-state index contributed by atoms with van der Waals surface area (Å²) in [6, 6.07) is 6.78. The molecule has 1 amide bonds. The fourth-order valence-electron chi connectivity index (χ4n) is 2.21. The first-order valence-electron chi connectivity index (χ1n) is 7.67. The molecule has 0 atom stereocenters. The van der Waals surface area contributed by atoms with Gasteiger partial charge in [-0.25, -0.2) is 14.6 Å². The summed E-state index contributed by atoms with van der Waals surface area (Å²) in [4.78, 5) is 20.7. The van der Waals surface area contributed by atoms with E-state index in [1.165, 1.54) is 11.8 Å². The van der Waals surface area contributed by atoms with E-state index < -0.39 is 0 Å². The number of hydrogen-bond donors (Lipinski definition) is 1. The first-order chi connectivity index (χ1) is 12.6. The van der Waals surface area contributed by atoms with E-state index in [9.17, 15) is 4.79 Å². The van der Waals surface area contributed by atoms with Crippen molar-refractivity contribution >= 4 is 40.9 Å². The van der Waals surface area contributed by atoms with Crippen molar-refractivity contribution in [3.63, 3.8) is 0 Å².